The fourth-order valence-corrected chi connectivity index (χ4v) is 5.06. The molecular weight excluding hydrogens is 374 g/mol. The van der Waals surface area contributed by atoms with Gasteiger partial charge in [0.2, 0.25) is 5.91 Å². The molecule has 1 aromatic carbocycles. The molecule has 1 amide bonds. The average Bonchev–Trinajstić information content (AvgIpc) is 2.94. The van der Waals surface area contributed by atoms with Gasteiger partial charge in [0.05, 0.1) is 21.5 Å². The number of nitrogens with one attached hydrogen (secondary N) is 1. The summed E-state index contributed by atoms with van der Waals surface area (Å²) in [4.78, 5) is 20.6. The lowest BCUT2D eigenvalue weighted by Gasteiger charge is -2.31. The number of anilines is 1. The van der Waals surface area contributed by atoms with Gasteiger partial charge >= 0.3 is 0 Å². The molecule has 1 aromatic heterocycles. The molecule has 1 atom stereocenters. The van der Waals surface area contributed by atoms with Gasteiger partial charge < -0.3 is 10.2 Å². The molecule has 0 radical (unpaired) electrons. The van der Waals surface area contributed by atoms with Crippen LogP contribution in [0.15, 0.2) is 35.3 Å². The van der Waals surface area contributed by atoms with Gasteiger partial charge in [0.15, 0.2) is 0 Å². The van der Waals surface area contributed by atoms with Crippen molar-refractivity contribution in [2.45, 2.75) is 26.9 Å². The lowest BCUT2D eigenvalue weighted by atomic mass is 10.3. The highest BCUT2D eigenvalue weighted by Crippen LogP contribution is 2.26. The smallest absolute Gasteiger partial charge is 0.234 e. The molecule has 1 aliphatic heterocycles. The van der Waals surface area contributed by atoms with Crippen LogP contribution in [0.5, 0.6) is 0 Å². The van der Waals surface area contributed by atoms with Crippen LogP contribution in [0.3, 0.4) is 0 Å². The van der Waals surface area contributed by atoms with E-state index in [1.165, 1.54) is 4.88 Å². The summed E-state index contributed by atoms with van der Waals surface area (Å²) in [6.07, 6.45) is 0.0877. The maximum Gasteiger partial charge on any atom is 0.234 e. The van der Waals surface area contributed by atoms with Crippen molar-refractivity contribution in [3.05, 3.63) is 50.1 Å². The molecule has 1 unspecified atom stereocenters. The lowest BCUT2D eigenvalue weighted by molar-refractivity contribution is -0.113. The number of nitrogens with zero attached hydrogens (tertiary/aromatic N) is 2. The van der Waals surface area contributed by atoms with Crippen LogP contribution in [0.25, 0.3) is 5.03 Å². The number of para-hydroxylation sites is 1. The fraction of sp³-hybridized carbons (Fsp3) is 0.333. The first-order chi connectivity index (χ1) is 12.0. The van der Waals surface area contributed by atoms with E-state index in [1.54, 1.807) is 35.2 Å². The summed E-state index contributed by atoms with van der Waals surface area (Å²) < 4.78 is 1.06. The van der Waals surface area contributed by atoms with Crippen LogP contribution in [0, 0.1) is 6.92 Å². The van der Waals surface area contributed by atoms with Crippen molar-refractivity contribution >= 4 is 51.3 Å². The minimum atomic E-state index is -0.0645. The number of thioether (sulfide) groups is 1. The predicted molar refractivity (Wildman–Crippen MR) is 108 cm³/mol. The summed E-state index contributed by atoms with van der Waals surface area (Å²) >= 11 is 9.37. The minimum Gasteiger partial charge on any atom is -0.344 e. The zero-order valence-electron chi connectivity index (χ0n) is 14.4. The summed E-state index contributed by atoms with van der Waals surface area (Å²) in [5.41, 5.74) is 0.645. The Morgan fingerprint density at radius 1 is 1.44 bits per heavy atom. The minimum absolute atomic E-state index is 0.0645. The van der Waals surface area contributed by atoms with Gasteiger partial charge in [-0.2, -0.15) is 0 Å². The Hall–Kier alpha value is -1.50. The van der Waals surface area contributed by atoms with E-state index in [9.17, 15) is 4.79 Å². The van der Waals surface area contributed by atoms with Gasteiger partial charge in [-0.05, 0) is 39.0 Å². The number of rotatable bonds is 5. The van der Waals surface area contributed by atoms with E-state index >= 15 is 0 Å². The molecule has 25 heavy (non-hydrogen) atoms. The number of aryl methyl sites for hydroxylation is 1. The van der Waals surface area contributed by atoms with E-state index in [1.807, 2.05) is 12.1 Å². The second-order valence-electron chi connectivity index (χ2n) is 5.74. The molecule has 0 fully saturated rings. The van der Waals surface area contributed by atoms with Gasteiger partial charge in [-0.1, -0.05) is 35.5 Å². The van der Waals surface area contributed by atoms with Crippen LogP contribution in [0.1, 0.15) is 18.7 Å². The first-order valence-electron chi connectivity index (χ1n) is 8.12. The van der Waals surface area contributed by atoms with Gasteiger partial charge in [0.25, 0.3) is 0 Å². The van der Waals surface area contributed by atoms with Crippen molar-refractivity contribution in [3.63, 3.8) is 0 Å². The summed E-state index contributed by atoms with van der Waals surface area (Å²) in [6.45, 7) is 7.14. The third-order valence-electron chi connectivity index (χ3n) is 3.91. The maximum absolute atomic E-state index is 12.4. The molecule has 1 N–H and O–H groups in total. The second kappa shape index (κ2) is 7.81. The first-order valence-corrected chi connectivity index (χ1v) is 10.3. The van der Waals surface area contributed by atoms with Gasteiger partial charge in [-0.3, -0.25) is 4.79 Å². The Balaban J connectivity index is 1.80. The molecule has 0 spiro atoms. The van der Waals surface area contributed by atoms with Crippen LogP contribution in [0.2, 0.25) is 5.02 Å². The van der Waals surface area contributed by atoms with Crippen molar-refractivity contribution in [3.8, 4) is 0 Å². The van der Waals surface area contributed by atoms with Crippen molar-refractivity contribution < 1.29 is 4.79 Å². The molecule has 2 heterocycles. The molecule has 7 heteroatoms. The summed E-state index contributed by atoms with van der Waals surface area (Å²) in [5.74, 6) is 0.267. The molecule has 1 aliphatic rings. The zero-order valence-corrected chi connectivity index (χ0v) is 16.8. The van der Waals surface area contributed by atoms with Gasteiger partial charge in [0.1, 0.15) is 10.8 Å². The number of carbonyl (C=O) groups excluding carboxylic acids is 1. The highest BCUT2D eigenvalue weighted by Gasteiger charge is 2.22. The summed E-state index contributed by atoms with van der Waals surface area (Å²) in [6, 6.07) is 9.43. The van der Waals surface area contributed by atoms with E-state index < -0.39 is 0 Å². The van der Waals surface area contributed by atoms with E-state index in [0.29, 0.717) is 16.5 Å². The second-order valence-corrected chi connectivity index (χ2v) is 8.35. The molecule has 132 valence electrons. The number of hydrogen-bond acceptors (Lipinski definition) is 5. The van der Waals surface area contributed by atoms with Crippen LogP contribution in [-0.4, -0.2) is 29.3 Å². The van der Waals surface area contributed by atoms with Crippen molar-refractivity contribution in [2.75, 3.05) is 17.6 Å². The molecule has 0 bridgehead atoms. The average molecular weight is 394 g/mol. The van der Waals surface area contributed by atoms with E-state index in [2.05, 4.69) is 37.1 Å². The number of thiophene rings is 1. The van der Waals surface area contributed by atoms with E-state index in [0.717, 1.165) is 21.5 Å². The number of benzene rings is 1. The van der Waals surface area contributed by atoms with Crippen LogP contribution in [-0.2, 0) is 4.79 Å². The van der Waals surface area contributed by atoms with Crippen LogP contribution < -0.4 is 15.2 Å². The number of amides is 1. The SMILES string of the molecule is CCN1C(SCC(=O)Nc2ccccc2Cl)=c2cc(C)sc2=NC1C. The normalized spacial score (nSPS) is 16.4. The Labute approximate surface area is 160 Å². The van der Waals surface area contributed by atoms with Gasteiger partial charge in [0, 0.05) is 16.6 Å². The highest BCUT2D eigenvalue weighted by atomic mass is 35.5. The molecule has 2 aromatic rings. The quantitative estimate of drug-likeness (QED) is 0.846. The van der Waals surface area contributed by atoms with Crippen LogP contribution >= 0.6 is 34.7 Å². The van der Waals surface area contributed by atoms with Crippen molar-refractivity contribution in [2.24, 2.45) is 4.99 Å². The lowest BCUT2D eigenvalue weighted by Crippen LogP contribution is -2.42. The third-order valence-corrected chi connectivity index (χ3v) is 6.33. The summed E-state index contributed by atoms with van der Waals surface area (Å²) in [5, 5.41) is 5.69. The fourth-order valence-electron chi connectivity index (χ4n) is 2.77. The Morgan fingerprint density at radius 2 is 2.20 bits per heavy atom. The molecule has 0 saturated heterocycles. The Bertz CT molecular complexity index is 909. The molecule has 0 saturated carbocycles. The Kier molecular flexibility index (Phi) is 5.71. The van der Waals surface area contributed by atoms with Crippen molar-refractivity contribution in [1.82, 2.24) is 4.90 Å². The standard InChI is InChI=1S/C18H20ClN3OS2/c1-4-22-12(3)20-17-13(9-11(2)25-17)18(22)24-10-16(23)21-15-8-6-5-7-14(15)19/h5-9,12H,4,10H2,1-3H3,(H,21,23). The maximum atomic E-state index is 12.4. The number of hydrogen-bond donors (Lipinski definition) is 1. The van der Waals surface area contributed by atoms with Gasteiger partial charge in [-0.25, -0.2) is 4.99 Å². The van der Waals surface area contributed by atoms with Crippen molar-refractivity contribution in [1.29, 1.82) is 0 Å². The predicted octanol–water partition coefficient (Wildman–Crippen LogP) is 3.45. The van der Waals surface area contributed by atoms with E-state index in [4.69, 9.17) is 16.6 Å². The monoisotopic (exact) mass is 393 g/mol. The number of fused-ring (bicyclic) bond motifs is 1. The topological polar surface area (TPSA) is 44.7 Å². The summed E-state index contributed by atoms with van der Waals surface area (Å²) in [7, 11) is 0. The largest absolute Gasteiger partial charge is 0.344 e. The number of carbonyl (C=O) groups is 1. The Morgan fingerprint density at radius 3 is 2.92 bits per heavy atom. The first kappa shape index (κ1) is 18.3. The molecule has 0 aliphatic carbocycles. The van der Waals surface area contributed by atoms with Gasteiger partial charge in [-0.15, -0.1) is 11.3 Å². The molecule has 3 rings (SSSR count). The highest BCUT2D eigenvalue weighted by molar-refractivity contribution is 8.08. The zero-order chi connectivity index (χ0) is 18.0. The number of halogens is 1. The van der Waals surface area contributed by atoms with Crippen LogP contribution in [0.4, 0.5) is 5.69 Å². The molecular formula is C18H20ClN3OS2. The van der Waals surface area contributed by atoms with E-state index in [-0.39, 0.29) is 12.1 Å². The third kappa shape index (κ3) is 4.02. The molecule has 4 nitrogen and oxygen atoms in total.